The molecule has 0 fully saturated rings. The lowest BCUT2D eigenvalue weighted by molar-refractivity contribution is 0.431. The average molecular weight is 292 g/mol. The minimum absolute atomic E-state index is 0.184. The first-order valence-electron chi connectivity index (χ1n) is 7.00. The first-order valence-corrected chi connectivity index (χ1v) is 8.39. The Bertz CT molecular complexity index is 577. The topological polar surface area (TPSA) is 55.9 Å². The van der Waals surface area contributed by atoms with Crippen molar-refractivity contribution in [2.45, 2.75) is 44.6 Å². The second-order valence-corrected chi connectivity index (χ2v) is 6.00. The smallest absolute Gasteiger partial charge is 0.149 e. The molecule has 0 saturated heterocycles. The molecule has 0 spiro atoms. The Balaban J connectivity index is 1.59. The van der Waals surface area contributed by atoms with Gasteiger partial charge in [-0.1, -0.05) is 0 Å². The zero-order valence-corrected chi connectivity index (χ0v) is 12.7. The molecular formula is C14H20N4OS. The predicted octanol–water partition coefficient (Wildman–Crippen LogP) is 2.53. The number of aromatic nitrogens is 3. The first-order chi connectivity index (χ1) is 9.78. The lowest BCUT2D eigenvalue weighted by Crippen LogP contribution is -2.21. The highest BCUT2D eigenvalue weighted by Crippen LogP contribution is 2.19. The molecule has 2 aromatic rings. The molecular weight excluding hydrogens is 272 g/mol. The van der Waals surface area contributed by atoms with Gasteiger partial charge in [-0.25, -0.2) is 0 Å². The number of rotatable bonds is 6. The first kappa shape index (κ1) is 13.7. The van der Waals surface area contributed by atoms with Gasteiger partial charge >= 0.3 is 0 Å². The third-order valence-electron chi connectivity index (χ3n) is 3.61. The van der Waals surface area contributed by atoms with E-state index in [0.29, 0.717) is 0 Å². The molecule has 0 radical (unpaired) electrons. The van der Waals surface area contributed by atoms with Crippen LogP contribution in [0.2, 0.25) is 0 Å². The minimum atomic E-state index is 0.184. The summed E-state index contributed by atoms with van der Waals surface area (Å²) < 4.78 is 7.99. The van der Waals surface area contributed by atoms with E-state index in [4.69, 9.17) is 4.42 Å². The van der Waals surface area contributed by atoms with Gasteiger partial charge in [0, 0.05) is 13.0 Å². The molecule has 108 valence electrons. The molecule has 0 bridgehead atoms. The number of thioether (sulfide) groups is 1. The van der Waals surface area contributed by atoms with Crippen molar-refractivity contribution in [3.63, 3.8) is 0 Å². The van der Waals surface area contributed by atoms with Gasteiger partial charge in [-0.3, -0.25) is 0 Å². The Hall–Kier alpha value is -1.27. The Kier molecular flexibility index (Phi) is 4.12. The number of hydrogen-bond donors (Lipinski definition) is 1. The van der Waals surface area contributed by atoms with Crippen LogP contribution in [-0.4, -0.2) is 21.0 Å². The van der Waals surface area contributed by atoms with Crippen LogP contribution < -0.4 is 5.32 Å². The number of nitrogens with zero attached hydrogens (tertiary/aromatic N) is 3. The van der Waals surface area contributed by atoms with E-state index in [2.05, 4.69) is 33.3 Å². The van der Waals surface area contributed by atoms with E-state index >= 15 is 0 Å². The molecule has 0 aliphatic carbocycles. The fraction of sp³-hybridized carbons (Fsp3) is 0.571. The van der Waals surface area contributed by atoms with Crippen molar-refractivity contribution in [1.82, 2.24) is 20.1 Å². The number of nitrogens with one attached hydrogen (secondary N) is 1. The summed E-state index contributed by atoms with van der Waals surface area (Å²) in [6, 6.07) is 4.27. The number of fused-ring (bicyclic) bond motifs is 1. The molecule has 0 aromatic carbocycles. The standard InChI is InChI=1S/C14H20N4OS/c1-10(14-17-16-13-4-3-7-18(13)14)15-8-11-5-6-12(19-11)9-20-2/h5-6,10,15H,3-4,7-9H2,1-2H3. The van der Waals surface area contributed by atoms with Gasteiger partial charge in [-0.05, 0) is 31.7 Å². The largest absolute Gasteiger partial charge is 0.464 e. The van der Waals surface area contributed by atoms with Gasteiger partial charge in [-0.2, -0.15) is 11.8 Å². The third kappa shape index (κ3) is 2.76. The lowest BCUT2D eigenvalue weighted by Gasteiger charge is -2.12. The molecule has 2 aromatic heterocycles. The summed E-state index contributed by atoms with van der Waals surface area (Å²) in [5.74, 6) is 5.09. The van der Waals surface area contributed by atoms with Crippen LogP contribution in [0.5, 0.6) is 0 Å². The second-order valence-electron chi connectivity index (χ2n) is 5.13. The van der Waals surface area contributed by atoms with E-state index in [1.165, 1.54) is 6.42 Å². The quantitative estimate of drug-likeness (QED) is 0.886. The maximum Gasteiger partial charge on any atom is 0.149 e. The fourth-order valence-corrected chi connectivity index (χ4v) is 3.02. The molecule has 1 N–H and O–H groups in total. The van der Waals surface area contributed by atoms with Crippen LogP contribution in [0.4, 0.5) is 0 Å². The second kappa shape index (κ2) is 6.01. The number of aryl methyl sites for hydroxylation is 1. The molecule has 5 nitrogen and oxygen atoms in total. The van der Waals surface area contributed by atoms with Gasteiger partial charge in [0.25, 0.3) is 0 Å². The fourth-order valence-electron chi connectivity index (χ4n) is 2.58. The van der Waals surface area contributed by atoms with Crippen molar-refractivity contribution in [2.24, 2.45) is 0 Å². The SMILES string of the molecule is CSCc1ccc(CNC(C)c2nnc3n2CCC3)o1. The van der Waals surface area contributed by atoms with E-state index in [0.717, 1.165) is 48.4 Å². The van der Waals surface area contributed by atoms with Gasteiger partial charge < -0.3 is 14.3 Å². The van der Waals surface area contributed by atoms with Gasteiger partial charge in [0.1, 0.15) is 23.2 Å². The summed E-state index contributed by atoms with van der Waals surface area (Å²) in [4.78, 5) is 0. The Morgan fingerprint density at radius 1 is 1.40 bits per heavy atom. The van der Waals surface area contributed by atoms with Gasteiger partial charge in [0.15, 0.2) is 0 Å². The van der Waals surface area contributed by atoms with Crippen LogP contribution in [0.1, 0.15) is 42.6 Å². The summed E-state index contributed by atoms with van der Waals surface area (Å²) in [6.07, 6.45) is 4.31. The maximum atomic E-state index is 5.76. The summed E-state index contributed by atoms with van der Waals surface area (Å²) in [6.45, 7) is 3.89. The minimum Gasteiger partial charge on any atom is -0.464 e. The van der Waals surface area contributed by atoms with E-state index in [-0.39, 0.29) is 6.04 Å². The van der Waals surface area contributed by atoms with E-state index in [9.17, 15) is 0 Å². The molecule has 3 heterocycles. The average Bonchev–Trinajstić information content (AvgIpc) is 3.12. The molecule has 20 heavy (non-hydrogen) atoms. The summed E-state index contributed by atoms with van der Waals surface area (Å²) >= 11 is 1.77. The van der Waals surface area contributed by atoms with E-state index in [1.54, 1.807) is 11.8 Å². The van der Waals surface area contributed by atoms with Crippen molar-refractivity contribution in [1.29, 1.82) is 0 Å². The van der Waals surface area contributed by atoms with Crippen molar-refractivity contribution >= 4 is 11.8 Å². The van der Waals surface area contributed by atoms with Crippen LogP contribution in [0.15, 0.2) is 16.5 Å². The molecule has 0 saturated carbocycles. The zero-order chi connectivity index (χ0) is 13.9. The highest BCUT2D eigenvalue weighted by Gasteiger charge is 2.21. The number of hydrogen-bond acceptors (Lipinski definition) is 5. The van der Waals surface area contributed by atoms with Crippen LogP contribution >= 0.6 is 11.8 Å². The van der Waals surface area contributed by atoms with E-state index in [1.807, 2.05) is 12.1 Å². The Morgan fingerprint density at radius 3 is 3.10 bits per heavy atom. The van der Waals surface area contributed by atoms with Crippen molar-refractivity contribution in [3.05, 3.63) is 35.3 Å². The van der Waals surface area contributed by atoms with Crippen LogP contribution in [0.25, 0.3) is 0 Å². The van der Waals surface area contributed by atoms with Gasteiger partial charge in [-0.15, -0.1) is 10.2 Å². The highest BCUT2D eigenvalue weighted by atomic mass is 32.2. The molecule has 1 atom stereocenters. The summed E-state index contributed by atoms with van der Waals surface area (Å²) in [5.41, 5.74) is 0. The zero-order valence-electron chi connectivity index (χ0n) is 11.9. The van der Waals surface area contributed by atoms with Crippen LogP contribution in [0, 0.1) is 0 Å². The van der Waals surface area contributed by atoms with Crippen molar-refractivity contribution < 1.29 is 4.42 Å². The van der Waals surface area contributed by atoms with Gasteiger partial charge in [0.2, 0.25) is 0 Å². The molecule has 3 rings (SSSR count). The normalized spacial score (nSPS) is 15.5. The molecule has 0 amide bonds. The summed E-state index contributed by atoms with van der Waals surface area (Å²) in [7, 11) is 0. The monoisotopic (exact) mass is 292 g/mol. The Morgan fingerprint density at radius 2 is 2.25 bits per heavy atom. The summed E-state index contributed by atoms with van der Waals surface area (Å²) in [5, 5.41) is 12.0. The molecule has 1 unspecified atom stereocenters. The van der Waals surface area contributed by atoms with Crippen LogP contribution in [0.3, 0.4) is 0 Å². The van der Waals surface area contributed by atoms with E-state index < -0.39 is 0 Å². The van der Waals surface area contributed by atoms with Gasteiger partial charge in [0.05, 0.1) is 18.3 Å². The predicted molar refractivity (Wildman–Crippen MR) is 79.5 cm³/mol. The van der Waals surface area contributed by atoms with Crippen LogP contribution in [-0.2, 0) is 25.3 Å². The maximum absolute atomic E-state index is 5.76. The van der Waals surface area contributed by atoms with Crippen molar-refractivity contribution in [2.75, 3.05) is 6.26 Å². The lowest BCUT2D eigenvalue weighted by atomic mass is 10.3. The molecule has 1 aliphatic rings. The molecule has 6 heteroatoms. The highest BCUT2D eigenvalue weighted by molar-refractivity contribution is 7.97. The third-order valence-corrected chi connectivity index (χ3v) is 4.18. The molecule has 1 aliphatic heterocycles. The number of furan rings is 1. The Labute approximate surface area is 123 Å². The van der Waals surface area contributed by atoms with Crippen molar-refractivity contribution in [3.8, 4) is 0 Å².